The van der Waals surface area contributed by atoms with Crippen molar-refractivity contribution < 1.29 is 18.3 Å². The Morgan fingerprint density at radius 2 is 1.97 bits per heavy atom. The minimum Gasteiger partial charge on any atom is -0.444 e. The molecule has 6 nitrogen and oxygen atoms in total. The Labute approximate surface area is 204 Å². The van der Waals surface area contributed by atoms with Crippen molar-refractivity contribution in [2.24, 2.45) is 0 Å². The van der Waals surface area contributed by atoms with E-state index in [0.717, 1.165) is 24.5 Å². The highest BCUT2D eigenvalue weighted by atomic mass is 79.9. The summed E-state index contributed by atoms with van der Waals surface area (Å²) in [7, 11) is 0. The molecule has 0 spiro atoms. The van der Waals surface area contributed by atoms with E-state index in [1.54, 1.807) is 0 Å². The SMILES string of the molecule is C=C(C)[C@H]1[C@@H]2CC[C@H](CN1c1nc(SC)nc3c(F)cc(F)c(Br)c13)N2C(=O)OC(C)(C)C. The van der Waals surface area contributed by atoms with Crippen molar-refractivity contribution in [2.45, 2.75) is 69.4 Å². The number of halogens is 3. The minimum absolute atomic E-state index is 0.0556. The molecule has 33 heavy (non-hydrogen) atoms. The Hall–Kier alpha value is -1.94. The van der Waals surface area contributed by atoms with Gasteiger partial charge in [-0.2, -0.15) is 0 Å². The van der Waals surface area contributed by atoms with Crippen LogP contribution in [0.1, 0.15) is 40.5 Å². The molecule has 0 saturated carbocycles. The van der Waals surface area contributed by atoms with Crippen LogP contribution in [0.25, 0.3) is 10.9 Å². The van der Waals surface area contributed by atoms with Crippen molar-refractivity contribution in [3.05, 3.63) is 34.3 Å². The number of benzene rings is 1. The molecule has 3 atom stereocenters. The van der Waals surface area contributed by atoms with Crippen LogP contribution in [0.15, 0.2) is 27.8 Å². The normalized spacial score (nSPS) is 22.7. The van der Waals surface area contributed by atoms with Gasteiger partial charge in [-0.05, 0) is 62.7 Å². The lowest BCUT2D eigenvalue weighted by Gasteiger charge is -2.48. The number of anilines is 1. The lowest BCUT2D eigenvalue weighted by molar-refractivity contribution is 0.00913. The summed E-state index contributed by atoms with van der Waals surface area (Å²) in [5.41, 5.74) is 0.280. The number of ether oxygens (including phenoxy) is 1. The fraction of sp³-hybridized carbons (Fsp3) is 0.522. The van der Waals surface area contributed by atoms with E-state index < -0.39 is 17.2 Å². The molecule has 1 aromatic carbocycles. The molecule has 0 aliphatic carbocycles. The second kappa shape index (κ2) is 8.69. The minimum atomic E-state index is -0.744. The molecule has 1 amide bonds. The fourth-order valence-corrected chi connectivity index (χ4v) is 5.67. The van der Waals surface area contributed by atoms with Crippen molar-refractivity contribution in [3.8, 4) is 0 Å². The first-order valence-corrected chi connectivity index (χ1v) is 12.8. The van der Waals surface area contributed by atoms with Gasteiger partial charge in [0.1, 0.15) is 22.8 Å². The maximum Gasteiger partial charge on any atom is 0.410 e. The van der Waals surface area contributed by atoms with E-state index in [4.69, 9.17) is 4.74 Å². The summed E-state index contributed by atoms with van der Waals surface area (Å²) in [5, 5.41) is 0.666. The molecule has 2 saturated heterocycles. The highest BCUT2D eigenvalue weighted by Crippen LogP contribution is 2.43. The number of nitrogens with zero attached hydrogens (tertiary/aromatic N) is 4. The first-order chi connectivity index (χ1) is 15.4. The summed E-state index contributed by atoms with van der Waals surface area (Å²) in [6.07, 6.45) is 3.03. The number of rotatable bonds is 3. The van der Waals surface area contributed by atoms with Crippen LogP contribution >= 0.6 is 27.7 Å². The standard InChI is InChI=1S/C23H27BrF2N4O2S/c1-11(2)19-15-8-7-12(30(15)22(31)32-23(3,4)5)10-29(19)20-16-17(24)13(25)9-14(26)18(16)27-21(28-20)33-6/h9,12,15,19H,1,7-8,10H2,2-6H3/t12-,15+,19+/m1/s1. The van der Waals surface area contributed by atoms with Crippen LogP contribution in [-0.2, 0) is 4.74 Å². The zero-order chi connectivity index (χ0) is 24.2. The van der Waals surface area contributed by atoms with Crippen LogP contribution in [0.3, 0.4) is 0 Å². The number of carbonyl (C=O) groups excluding carboxylic acids is 1. The molecule has 0 N–H and O–H groups in total. The molecule has 3 heterocycles. The van der Waals surface area contributed by atoms with E-state index in [2.05, 4.69) is 32.5 Å². The van der Waals surface area contributed by atoms with E-state index in [-0.39, 0.29) is 39.6 Å². The van der Waals surface area contributed by atoms with E-state index in [1.165, 1.54) is 11.8 Å². The largest absolute Gasteiger partial charge is 0.444 e. The van der Waals surface area contributed by atoms with Gasteiger partial charge in [-0.1, -0.05) is 23.9 Å². The Morgan fingerprint density at radius 1 is 1.27 bits per heavy atom. The first-order valence-electron chi connectivity index (χ1n) is 10.8. The smallest absolute Gasteiger partial charge is 0.410 e. The predicted octanol–water partition coefficient (Wildman–Crippen LogP) is 5.93. The Kier molecular flexibility index (Phi) is 6.37. The van der Waals surface area contributed by atoms with Gasteiger partial charge in [0.25, 0.3) is 0 Å². The zero-order valence-corrected chi connectivity index (χ0v) is 21.7. The van der Waals surface area contributed by atoms with Gasteiger partial charge in [0, 0.05) is 12.6 Å². The van der Waals surface area contributed by atoms with E-state index in [1.807, 2.05) is 43.8 Å². The van der Waals surface area contributed by atoms with Crippen molar-refractivity contribution >= 4 is 50.5 Å². The number of hydrogen-bond acceptors (Lipinski definition) is 6. The van der Waals surface area contributed by atoms with E-state index >= 15 is 0 Å². The number of carbonyl (C=O) groups is 1. The van der Waals surface area contributed by atoms with E-state index in [9.17, 15) is 13.6 Å². The van der Waals surface area contributed by atoms with Crippen LogP contribution in [0.5, 0.6) is 0 Å². The maximum absolute atomic E-state index is 14.8. The molecular formula is C23H27BrF2N4O2S. The highest BCUT2D eigenvalue weighted by Gasteiger charge is 2.50. The van der Waals surface area contributed by atoms with Crippen molar-refractivity contribution in [2.75, 3.05) is 17.7 Å². The van der Waals surface area contributed by atoms with Gasteiger partial charge >= 0.3 is 6.09 Å². The molecule has 2 aliphatic rings. The third-order valence-electron chi connectivity index (χ3n) is 6.00. The Bertz CT molecular complexity index is 1140. The predicted molar refractivity (Wildman–Crippen MR) is 130 cm³/mol. The molecule has 10 heteroatoms. The van der Waals surface area contributed by atoms with Crippen molar-refractivity contribution in [3.63, 3.8) is 0 Å². The fourth-order valence-electron chi connectivity index (χ4n) is 4.83. The van der Waals surface area contributed by atoms with Gasteiger partial charge in [-0.15, -0.1) is 0 Å². The number of hydrogen-bond donors (Lipinski definition) is 0. The van der Waals surface area contributed by atoms with E-state index in [0.29, 0.717) is 17.5 Å². The van der Waals surface area contributed by atoms with Gasteiger partial charge in [0.05, 0.1) is 28.0 Å². The average molecular weight is 541 g/mol. The number of piperazine rings is 1. The summed E-state index contributed by atoms with van der Waals surface area (Å²) in [5.74, 6) is -1.03. The van der Waals surface area contributed by atoms with Gasteiger partial charge in [-0.25, -0.2) is 23.5 Å². The highest BCUT2D eigenvalue weighted by molar-refractivity contribution is 9.10. The van der Waals surface area contributed by atoms with Crippen LogP contribution < -0.4 is 4.90 Å². The quantitative estimate of drug-likeness (QED) is 0.208. The number of fused-ring (bicyclic) bond motifs is 3. The molecule has 2 fully saturated rings. The molecule has 2 bridgehead atoms. The van der Waals surface area contributed by atoms with Gasteiger partial charge in [0.15, 0.2) is 11.0 Å². The summed E-state index contributed by atoms with van der Waals surface area (Å²) in [6.45, 7) is 12.1. The van der Waals surface area contributed by atoms with Gasteiger partial charge in [-0.3, -0.25) is 4.90 Å². The summed E-state index contributed by atoms with van der Waals surface area (Å²) >= 11 is 4.58. The lowest BCUT2D eigenvalue weighted by atomic mass is 9.96. The van der Waals surface area contributed by atoms with Crippen LogP contribution in [0.2, 0.25) is 0 Å². The summed E-state index contributed by atoms with van der Waals surface area (Å²) in [6, 6.07) is 0.243. The second-order valence-electron chi connectivity index (χ2n) is 9.54. The maximum atomic E-state index is 14.8. The van der Waals surface area contributed by atoms with Gasteiger partial charge < -0.3 is 9.64 Å². The summed E-state index contributed by atoms with van der Waals surface area (Å²) < 4.78 is 35.1. The zero-order valence-electron chi connectivity index (χ0n) is 19.3. The second-order valence-corrected chi connectivity index (χ2v) is 11.1. The first kappa shape index (κ1) is 24.2. The molecular weight excluding hydrogens is 514 g/mol. The third-order valence-corrected chi connectivity index (χ3v) is 7.32. The molecule has 0 radical (unpaired) electrons. The van der Waals surface area contributed by atoms with Crippen LogP contribution in [-0.4, -0.2) is 57.5 Å². The topological polar surface area (TPSA) is 58.6 Å². The molecule has 178 valence electrons. The number of thioether (sulfide) groups is 1. The average Bonchev–Trinajstić information content (AvgIpc) is 3.03. The Balaban J connectivity index is 1.86. The Morgan fingerprint density at radius 3 is 2.58 bits per heavy atom. The van der Waals surface area contributed by atoms with Crippen LogP contribution in [0, 0.1) is 11.6 Å². The van der Waals surface area contributed by atoms with Crippen LogP contribution in [0.4, 0.5) is 19.4 Å². The van der Waals surface area contributed by atoms with Crippen molar-refractivity contribution in [1.29, 1.82) is 0 Å². The molecule has 4 rings (SSSR count). The monoisotopic (exact) mass is 540 g/mol. The lowest BCUT2D eigenvalue weighted by Crippen LogP contribution is -2.62. The number of aromatic nitrogens is 2. The van der Waals surface area contributed by atoms with Crippen molar-refractivity contribution in [1.82, 2.24) is 14.9 Å². The van der Waals surface area contributed by atoms with Gasteiger partial charge in [0.2, 0.25) is 0 Å². The third kappa shape index (κ3) is 4.32. The molecule has 1 aromatic heterocycles. The number of amides is 1. The summed E-state index contributed by atoms with van der Waals surface area (Å²) in [4.78, 5) is 25.9. The molecule has 2 aromatic rings. The molecule has 2 aliphatic heterocycles. The molecule has 0 unspecified atom stereocenters.